The second-order valence-electron chi connectivity index (χ2n) is 3.31. The van der Waals surface area contributed by atoms with Gasteiger partial charge in [0.15, 0.2) is 0 Å². The third kappa shape index (κ3) is 1.27. The van der Waals surface area contributed by atoms with Gasteiger partial charge in [0.25, 0.3) is 5.56 Å². The molecule has 1 N–H and O–H groups in total. The van der Waals surface area contributed by atoms with Crippen molar-refractivity contribution in [1.29, 1.82) is 0 Å². The normalized spacial score (nSPS) is 10.4. The zero-order chi connectivity index (χ0) is 10.1. The van der Waals surface area contributed by atoms with Crippen molar-refractivity contribution >= 4 is 10.8 Å². The highest BCUT2D eigenvalue weighted by Gasteiger charge is 2.00. The molecule has 3 nitrogen and oxygen atoms in total. The maximum Gasteiger partial charge on any atom is 0.276 e. The first kappa shape index (κ1) is 8.81. The SMILES string of the molecule is CNn1ccc2cc(C)ccc2c1=O. The molecule has 0 saturated carbocycles. The molecule has 0 unspecified atom stereocenters. The number of fused-ring (bicyclic) bond motifs is 1. The lowest BCUT2D eigenvalue weighted by Crippen LogP contribution is -2.25. The van der Waals surface area contributed by atoms with Gasteiger partial charge in [-0.3, -0.25) is 4.79 Å². The van der Waals surface area contributed by atoms with Gasteiger partial charge >= 0.3 is 0 Å². The summed E-state index contributed by atoms with van der Waals surface area (Å²) in [6.07, 6.45) is 1.74. The van der Waals surface area contributed by atoms with Crippen LogP contribution in [0.15, 0.2) is 35.3 Å². The number of benzene rings is 1. The van der Waals surface area contributed by atoms with Crippen molar-refractivity contribution in [2.45, 2.75) is 6.92 Å². The van der Waals surface area contributed by atoms with E-state index >= 15 is 0 Å². The fourth-order valence-corrected chi connectivity index (χ4v) is 1.54. The van der Waals surface area contributed by atoms with E-state index in [2.05, 4.69) is 5.43 Å². The van der Waals surface area contributed by atoms with Crippen LogP contribution < -0.4 is 11.0 Å². The van der Waals surface area contributed by atoms with Gasteiger partial charge in [-0.15, -0.1) is 0 Å². The van der Waals surface area contributed by atoms with Crippen molar-refractivity contribution in [1.82, 2.24) is 4.68 Å². The molecule has 0 fully saturated rings. The molecule has 0 atom stereocenters. The van der Waals surface area contributed by atoms with Crippen LogP contribution in [0.25, 0.3) is 10.8 Å². The van der Waals surface area contributed by atoms with Crippen LogP contribution in [0.4, 0.5) is 0 Å². The minimum atomic E-state index is -0.00926. The minimum Gasteiger partial charge on any atom is -0.326 e. The van der Waals surface area contributed by atoms with E-state index in [-0.39, 0.29) is 5.56 Å². The van der Waals surface area contributed by atoms with Crippen LogP contribution in [0.1, 0.15) is 5.56 Å². The van der Waals surface area contributed by atoms with Crippen molar-refractivity contribution in [2.24, 2.45) is 0 Å². The Kier molecular flexibility index (Phi) is 2.00. The van der Waals surface area contributed by atoms with E-state index in [1.807, 2.05) is 31.2 Å². The molecule has 0 bridgehead atoms. The van der Waals surface area contributed by atoms with Crippen molar-refractivity contribution < 1.29 is 0 Å². The minimum absolute atomic E-state index is 0.00926. The maximum atomic E-state index is 11.8. The first-order chi connectivity index (χ1) is 6.72. The summed E-state index contributed by atoms with van der Waals surface area (Å²) in [5.74, 6) is 0. The fourth-order valence-electron chi connectivity index (χ4n) is 1.54. The molecule has 2 rings (SSSR count). The Balaban J connectivity index is 2.84. The molecular weight excluding hydrogens is 176 g/mol. The van der Waals surface area contributed by atoms with Crippen LogP contribution in [0.2, 0.25) is 0 Å². The van der Waals surface area contributed by atoms with Crippen molar-refractivity contribution in [3.8, 4) is 0 Å². The number of aromatic nitrogens is 1. The highest BCUT2D eigenvalue weighted by Crippen LogP contribution is 2.10. The lowest BCUT2D eigenvalue weighted by atomic mass is 10.1. The highest BCUT2D eigenvalue weighted by molar-refractivity contribution is 5.82. The zero-order valence-corrected chi connectivity index (χ0v) is 8.24. The number of aryl methyl sites for hydroxylation is 1. The summed E-state index contributed by atoms with van der Waals surface area (Å²) in [4.78, 5) is 11.8. The summed E-state index contributed by atoms with van der Waals surface area (Å²) in [6, 6.07) is 7.75. The maximum absolute atomic E-state index is 11.8. The lowest BCUT2D eigenvalue weighted by molar-refractivity contribution is 0.885. The van der Waals surface area contributed by atoms with Gasteiger partial charge in [-0.05, 0) is 24.4 Å². The Labute approximate surface area is 82.0 Å². The number of nitrogens with one attached hydrogen (secondary N) is 1. The molecule has 0 aliphatic rings. The van der Waals surface area contributed by atoms with Gasteiger partial charge in [-0.1, -0.05) is 17.7 Å². The number of hydrogen-bond donors (Lipinski definition) is 1. The molecule has 1 heterocycles. The van der Waals surface area contributed by atoms with Crippen LogP contribution in [0, 0.1) is 6.92 Å². The van der Waals surface area contributed by atoms with E-state index in [0.717, 1.165) is 10.8 Å². The van der Waals surface area contributed by atoms with Gasteiger partial charge in [0.2, 0.25) is 0 Å². The molecule has 0 saturated heterocycles. The second-order valence-corrected chi connectivity index (χ2v) is 3.31. The Morgan fingerprint density at radius 3 is 2.79 bits per heavy atom. The third-order valence-corrected chi connectivity index (χ3v) is 2.30. The molecule has 1 aromatic carbocycles. The summed E-state index contributed by atoms with van der Waals surface area (Å²) in [5.41, 5.74) is 3.96. The van der Waals surface area contributed by atoms with E-state index in [1.54, 1.807) is 13.2 Å². The van der Waals surface area contributed by atoms with Gasteiger partial charge in [-0.25, -0.2) is 4.68 Å². The van der Waals surface area contributed by atoms with Gasteiger partial charge in [0.1, 0.15) is 0 Å². The molecule has 0 aliphatic heterocycles. The summed E-state index contributed by atoms with van der Waals surface area (Å²) >= 11 is 0. The van der Waals surface area contributed by atoms with Crippen LogP contribution in [0.5, 0.6) is 0 Å². The van der Waals surface area contributed by atoms with Gasteiger partial charge in [-0.2, -0.15) is 0 Å². The molecular formula is C11H12N2O. The second kappa shape index (κ2) is 3.18. The molecule has 0 spiro atoms. The van der Waals surface area contributed by atoms with Crippen LogP contribution in [-0.4, -0.2) is 11.7 Å². The molecule has 0 aliphatic carbocycles. The van der Waals surface area contributed by atoms with E-state index < -0.39 is 0 Å². The Bertz CT molecular complexity index is 528. The largest absolute Gasteiger partial charge is 0.326 e. The van der Waals surface area contributed by atoms with Crippen LogP contribution in [-0.2, 0) is 0 Å². The van der Waals surface area contributed by atoms with Crippen LogP contribution in [0.3, 0.4) is 0 Å². The monoisotopic (exact) mass is 188 g/mol. The average Bonchev–Trinajstić information content (AvgIpc) is 2.18. The van der Waals surface area contributed by atoms with Gasteiger partial charge < -0.3 is 5.43 Å². The first-order valence-corrected chi connectivity index (χ1v) is 4.52. The van der Waals surface area contributed by atoms with E-state index in [0.29, 0.717) is 0 Å². The molecule has 72 valence electrons. The van der Waals surface area contributed by atoms with Gasteiger partial charge in [0.05, 0.1) is 0 Å². The van der Waals surface area contributed by atoms with E-state index in [4.69, 9.17) is 0 Å². The predicted molar refractivity (Wildman–Crippen MR) is 58.2 cm³/mol. The van der Waals surface area contributed by atoms with Crippen LogP contribution >= 0.6 is 0 Å². The van der Waals surface area contributed by atoms with E-state index in [9.17, 15) is 4.79 Å². The summed E-state index contributed by atoms with van der Waals surface area (Å²) in [7, 11) is 1.72. The fraction of sp³-hybridized carbons (Fsp3) is 0.182. The third-order valence-electron chi connectivity index (χ3n) is 2.30. The smallest absolute Gasteiger partial charge is 0.276 e. The van der Waals surface area contributed by atoms with Crippen molar-refractivity contribution in [2.75, 3.05) is 12.5 Å². The zero-order valence-electron chi connectivity index (χ0n) is 8.24. The predicted octanol–water partition coefficient (Wildman–Crippen LogP) is 1.48. The number of hydrogen-bond acceptors (Lipinski definition) is 2. The Morgan fingerprint density at radius 1 is 1.29 bits per heavy atom. The summed E-state index contributed by atoms with van der Waals surface area (Å²) in [6.45, 7) is 2.02. The first-order valence-electron chi connectivity index (χ1n) is 4.52. The van der Waals surface area contributed by atoms with Gasteiger partial charge in [0, 0.05) is 18.6 Å². The molecule has 1 aromatic heterocycles. The molecule has 2 aromatic rings. The standard InChI is InChI=1S/C11H12N2O/c1-8-3-4-10-9(7-8)5-6-13(12-2)11(10)14/h3-7,12H,1-2H3. The highest BCUT2D eigenvalue weighted by atomic mass is 16.1. The lowest BCUT2D eigenvalue weighted by Gasteiger charge is -2.05. The summed E-state index contributed by atoms with van der Waals surface area (Å²) in [5, 5.41) is 1.73. The summed E-state index contributed by atoms with van der Waals surface area (Å²) < 4.78 is 1.47. The Hall–Kier alpha value is -1.77. The Morgan fingerprint density at radius 2 is 2.07 bits per heavy atom. The number of nitrogens with zero attached hydrogens (tertiary/aromatic N) is 1. The number of rotatable bonds is 1. The van der Waals surface area contributed by atoms with Crippen molar-refractivity contribution in [3.63, 3.8) is 0 Å². The molecule has 0 radical (unpaired) electrons. The molecule has 3 heteroatoms. The van der Waals surface area contributed by atoms with E-state index in [1.165, 1.54) is 10.2 Å². The average molecular weight is 188 g/mol. The quantitative estimate of drug-likeness (QED) is 0.735. The topological polar surface area (TPSA) is 34.0 Å². The number of pyridine rings is 1. The molecule has 0 amide bonds. The van der Waals surface area contributed by atoms with Crippen molar-refractivity contribution in [3.05, 3.63) is 46.4 Å². The molecule has 14 heavy (non-hydrogen) atoms.